The van der Waals surface area contributed by atoms with Crippen LogP contribution in [-0.2, 0) is 6.54 Å². The average Bonchev–Trinajstić information content (AvgIpc) is 2.73. The van der Waals surface area contributed by atoms with E-state index < -0.39 is 0 Å². The van der Waals surface area contributed by atoms with Gasteiger partial charge in [-0.05, 0) is 18.6 Å². The Hall–Kier alpha value is -1.08. The Balaban J connectivity index is 0.00000420. The highest BCUT2D eigenvalue weighted by molar-refractivity contribution is 5.74. The molecule has 29 heavy (non-hydrogen) atoms. The van der Waals surface area contributed by atoms with E-state index in [0.717, 1.165) is 6.54 Å². The van der Waals surface area contributed by atoms with Gasteiger partial charge in [0, 0.05) is 23.9 Å². The van der Waals surface area contributed by atoms with Gasteiger partial charge < -0.3 is 12.4 Å². The maximum atomic E-state index is 2.42. The first-order valence-electron chi connectivity index (χ1n) is 12.3. The van der Waals surface area contributed by atoms with Gasteiger partial charge in [-0.1, -0.05) is 109 Å². The molecule has 0 aliphatic heterocycles. The molecule has 0 bridgehead atoms. The summed E-state index contributed by atoms with van der Waals surface area (Å²) in [6.07, 6.45) is 25.2. The second-order valence-corrected chi connectivity index (χ2v) is 8.56. The molecule has 2 heteroatoms. The molecular weight excluding hydrogens is 374 g/mol. The zero-order chi connectivity index (χ0) is 19.7. The molecule has 0 atom stereocenters. The standard InChI is InChI=1S/C27H44N.ClH/c1-2-3-4-5-6-7-8-9-10-11-12-13-14-15-16-19-24-28-25-20-22-26-21-17-18-23-27(26)28;/h17-18,20-23,25H,2-16,19,24H2,1H3;1H/q+1;/p-1. The predicted octanol–water partition coefficient (Wildman–Crippen LogP) is 5.39. The van der Waals surface area contributed by atoms with Gasteiger partial charge in [-0.15, -0.1) is 0 Å². The van der Waals surface area contributed by atoms with Crippen molar-refractivity contribution in [3.63, 3.8) is 0 Å². The molecule has 1 aromatic heterocycles. The maximum absolute atomic E-state index is 2.42. The normalized spacial score (nSPS) is 10.9. The van der Waals surface area contributed by atoms with Gasteiger partial charge in [0.1, 0.15) is 6.54 Å². The van der Waals surface area contributed by atoms with E-state index in [1.807, 2.05) is 0 Å². The van der Waals surface area contributed by atoms with Crippen molar-refractivity contribution < 1.29 is 17.0 Å². The van der Waals surface area contributed by atoms with E-state index in [1.54, 1.807) is 0 Å². The molecule has 0 aliphatic rings. The van der Waals surface area contributed by atoms with Crippen molar-refractivity contribution >= 4 is 10.9 Å². The zero-order valence-corrected chi connectivity index (χ0v) is 19.6. The van der Waals surface area contributed by atoms with Crippen molar-refractivity contribution in [2.24, 2.45) is 0 Å². The van der Waals surface area contributed by atoms with Gasteiger partial charge in [0.05, 0.1) is 0 Å². The van der Waals surface area contributed by atoms with E-state index in [1.165, 1.54) is 114 Å². The van der Waals surface area contributed by atoms with Crippen LogP contribution < -0.4 is 17.0 Å². The Bertz CT molecular complexity index is 619. The van der Waals surface area contributed by atoms with E-state index in [0.29, 0.717) is 0 Å². The first-order valence-corrected chi connectivity index (χ1v) is 12.3. The van der Waals surface area contributed by atoms with Crippen molar-refractivity contribution in [2.45, 2.75) is 116 Å². The third-order valence-corrected chi connectivity index (χ3v) is 6.04. The summed E-state index contributed by atoms with van der Waals surface area (Å²) in [6, 6.07) is 13.1. The lowest BCUT2D eigenvalue weighted by atomic mass is 10.0. The number of halogens is 1. The number of benzene rings is 1. The van der Waals surface area contributed by atoms with Crippen LogP contribution >= 0.6 is 0 Å². The number of aromatic nitrogens is 1. The van der Waals surface area contributed by atoms with E-state index in [-0.39, 0.29) is 12.4 Å². The molecule has 0 amide bonds. The van der Waals surface area contributed by atoms with Crippen LogP contribution in [-0.4, -0.2) is 0 Å². The van der Waals surface area contributed by atoms with Crippen LogP contribution in [0.2, 0.25) is 0 Å². The molecule has 0 aliphatic carbocycles. The zero-order valence-electron chi connectivity index (χ0n) is 18.9. The summed E-state index contributed by atoms with van der Waals surface area (Å²) in [5.74, 6) is 0. The summed E-state index contributed by atoms with van der Waals surface area (Å²) in [6.45, 7) is 3.45. The van der Waals surface area contributed by atoms with Crippen LogP contribution in [0.25, 0.3) is 10.9 Å². The van der Waals surface area contributed by atoms with Gasteiger partial charge in [-0.25, -0.2) is 0 Å². The van der Waals surface area contributed by atoms with Gasteiger partial charge in [-0.2, -0.15) is 4.57 Å². The highest BCUT2D eigenvalue weighted by Crippen LogP contribution is 2.14. The smallest absolute Gasteiger partial charge is 0.212 e. The molecule has 0 spiro atoms. The minimum atomic E-state index is 0. The molecule has 0 saturated carbocycles. The summed E-state index contributed by atoms with van der Waals surface area (Å²) < 4.78 is 2.42. The fraction of sp³-hybridized carbons (Fsp3) is 0.667. The highest BCUT2D eigenvalue weighted by atomic mass is 35.5. The Morgan fingerprint density at radius 3 is 1.55 bits per heavy atom. The minimum Gasteiger partial charge on any atom is -1.00 e. The summed E-state index contributed by atoms with van der Waals surface area (Å²) in [7, 11) is 0. The fourth-order valence-electron chi connectivity index (χ4n) is 4.25. The van der Waals surface area contributed by atoms with Crippen molar-refractivity contribution in [2.75, 3.05) is 0 Å². The number of fused-ring (bicyclic) bond motifs is 1. The first-order chi connectivity index (χ1) is 13.9. The van der Waals surface area contributed by atoms with Gasteiger partial charge in [0.25, 0.3) is 0 Å². The predicted molar refractivity (Wildman–Crippen MR) is 124 cm³/mol. The summed E-state index contributed by atoms with van der Waals surface area (Å²) >= 11 is 0. The SMILES string of the molecule is CCCCCCCCCCCCCCCCCC[n+]1cccc2ccccc21.[Cl-]. The maximum Gasteiger partial charge on any atom is 0.212 e. The van der Waals surface area contributed by atoms with Crippen molar-refractivity contribution in [1.29, 1.82) is 0 Å². The molecular formula is C27H44ClN. The number of aryl methyl sites for hydroxylation is 1. The number of nitrogens with zero attached hydrogens (tertiary/aromatic N) is 1. The molecule has 0 unspecified atom stereocenters. The van der Waals surface area contributed by atoms with E-state index in [9.17, 15) is 0 Å². The van der Waals surface area contributed by atoms with Crippen LogP contribution in [0.5, 0.6) is 0 Å². The second kappa shape index (κ2) is 17.8. The van der Waals surface area contributed by atoms with Gasteiger partial charge >= 0.3 is 0 Å². The van der Waals surface area contributed by atoms with Gasteiger partial charge in [-0.3, -0.25) is 0 Å². The Labute approximate surface area is 186 Å². The molecule has 1 heterocycles. The summed E-state index contributed by atoms with van der Waals surface area (Å²) in [5.41, 5.74) is 1.37. The molecule has 1 aromatic carbocycles. The van der Waals surface area contributed by atoms with Crippen LogP contribution in [0.1, 0.15) is 110 Å². The average molecular weight is 418 g/mol. The van der Waals surface area contributed by atoms with Gasteiger partial charge in [0.2, 0.25) is 5.52 Å². The minimum absolute atomic E-state index is 0. The number of rotatable bonds is 17. The number of hydrogen-bond donors (Lipinski definition) is 0. The number of para-hydroxylation sites is 1. The molecule has 0 saturated heterocycles. The molecule has 2 rings (SSSR count). The Morgan fingerprint density at radius 1 is 0.552 bits per heavy atom. The van der Waals surface area contributed by atoms with Crippen LogP contribution in [0, 0.1) is 0 Å². The van der Waals surface area contributed by atoms with Crippen molar-refractivity contribution in [1.82, 2.24) is 0 Å². The van der Waals surface area contributed by atoms with Crippen molar-refractivity contribution in [3.05, 3.63) is 42.6 Å². The number of pyridine rings is 1. The topological polar surface area (TPSA) is 3.88 Å². The lowest BCUT2D eigenvalue weighted by molar-refractivity contribution is -0.671. The lowest BCUT2D eigenvalue weighted by Crippen LogP contribution is -3.00. The molecule has 1 nitrogen and oxygen atoms in total. The van der Waals surface area contributed by atoms with E-state index >= 15 is 0 Å². The van der Waals surface area contributed by atoms with E-state index in [4.69, 9.17) is 0 Å². The Morgan fingerprint density at radius 2 is 1.00 bits per heavy atom. The lowest BCUT2D eigenvalue weighted by Gasteiger charge is -2.04. The van der Waals surface area contributed by atoms with Crippen LogP contribution in [0.3, 0.4) is 0 Å². The van der Waals surface area contributed by atoms with Crippen LogP contribution in [0.15, 0.2) is 42.6 Å². The molecule has 2 aromatic rings. The number of unbranched alkanes of at least 4 members (excludes halogenated alkanes) is 15. The monoisotopic (exact) mass is 417 g/mol. The van der Waals surface area contributed by atoms with E-state index in [2.05, 4.69) is 54.1 Å². The van der Waals surface area contributed by atoms with Gasteiger partial charge in [0.15, 0.2) is 6.20 Å². The second-order valence-electron chi connectivity index (χ2n) is 8.56. The first kappa shape index (κ1) is 26.0. The highest BCUT2D eigenvalue weighted by Gasteiger charge is 2.06. The van der Waals surface area contributed by atoms with Crippen LogP contribution in [0.4, 0.5) is 0 Å². The molecule has 164 valence electrons. The third kappa shape index (κ3) is 11.6. The summed E-state index contributed by atoms with van der Waals surface area (Å²) in [4.78, 5) is 0. The molecule has 0 fully saturated rings. The fourth-order valence-corrected chi connectivity index (χ4v) is 4.25. The third-order valence-electron chi connectivity index (χ3n) is 6.04. The summed E-state index contributed by atoms with van der Waals surface area (Å²) in [5, 5.41) is 1.35. The Kier molecular flexibility index (Phi) is 15.9. The largest absolute Gasteiger partial charge is 1.00 e. The van der Waals surface area contributed by atoms with Crippen molar-refractivity contribution in [3.8, 4) is 0 Å². The quantitative estimate of drug-likeness (QED) is 0.240. The molecule has 0 N–H and O–H groups in total. The molecule has 0 radical (unpaired) electrons. The number of hydrogen-bond acceptors (Lipinski definition) is 0.